The van der Waals surface area contributed by atoms with Crippen LogP contribution < -0.4 is 10.2 Å². The molecule has 2 aromatic carbocycles. The standard InChI is InChI=1S/C25H36N4/c1-7-28-12-14-29(15-13-28)22-10-11-23(24(17-22)26-6)27-18-20-16-21(25(3,4)5)9-8-19(20)2/h8-11,16-18,26H,7,12-15H2,1-6H3. The lowest BCUT2D eigenvalue weighted by Crippen LogP contribution is -2.46. The van der Waals surface area contributed by atoms with Crippen LogP contribution in [0.3, 0.4) is 0 Å². The third-order valence-electron chi connectivity index (χ3n) is 5.92. The van der Waals surface area contributed by atoms with Crippen molar-refractivity contribution in [1.29, 1.82) is 0 Å². The third kappa shape index (κ3) is 5.18. The second-order valence-electron chi connectivity index (χ2n) is 8.95. The molecule has 0 aromatic heterocycles. The van der Waals surface area contributed by atoms with Gasteiger partial charge in [-0.3, -0.25) is 4.99 Å². The maximum absolute atomic E-state index is 4.83. The van der Waals surface area contributed by atoms with E-state index in [4.69, 9.17) is 4.99 Å². The number of benzene rings is 2. The van der Waals surface area contributed by atoms with E-state index in [1.54, 1.807) is 0 Å². The molecule has 4 heteroatoms. The number of likely N-dealkylation sites (N-methyl/N-ethyl adjacent to an activating group) is 1. The van der Waals surface area contributed by atoms with E-state index in [9.17, 15) is 0 Å². The summed E-state index contributed by atoms with van der Waals surface area (Å²) < 4.78 is 0. The van der Waals surface area contributed by atoms with Crippen molar-refractivity contribution in [3.05, 3.63) is 53.1 Å². The van der Waals surface area contributed by atoms with Gasteiger partial charge in [0, 0.05) is 45.1 Å². The Balaban J connectivity index is 1.81. The molecule has 0 spiro atoms. The molecule has 0 atom stereocenters. The Morgan fingerprint density at radius 2 is 1.76 bits per heavy atom. The molecule has 0 amide bonds. The van der Waals surface area contributed by atoms with Crippen LogP contribution in [0.15, 0.2) is 41.4 Å². The number of aliphatic imine (C=N–C) groups is 1. The van der Waals surface area contributed by atoms with E-state index in [1.165, 1.54) is 22.4 Å². The first kappa shape index (κ1) is 21.4. The number of aryl methyl sites for hydroxylation is 1. The first-order chi connectivity index (χ1) is 13.8. The van der Waals surface area contributed by atoms with E-state index >= 15 is 0 Å². The molecule has 0 aliphatic carbocycles. The zero-order valence-corrected chi connectivity index (χ0v) is 18.9. The Hall–Kier alpha value is -2.33. The van der Waals surface area contributed by atoms with Crippen molar-refractivity contribution in [3.63, 3.8) is 0 Å². The van der Waals surface area contributed by atoms with Crippen LogP contribution >= 0.6 is 0 Å². The minimum atomic E-state index is 0.135. The van der Waals surface area contributed by atoms with Gasteiger partial charge < -0.3 is 15.1 Å². The predicted molar refractivity (Wildman–Crippen MR) is 127 cm³/mol. The molecule has 1 heterocycles. The summed E-state index contributed by atoms with van der Waals surface area (Å²) in [7, 11) is 1.97. The maximum atomic E-state index is 4.83. The maximum Gasteiger partial charge on any atom is 0.0862 e. The summed E-state index contributed by atoms with van der Waals surface area (Å²) >= 11 is 0. The first-order valence-electron chi connectivity index (χ1n) is 10.8. The highest BCUT2D eigenvalue weighted by atomic mass is 15.3. The van der Waals surface area contributed by atoms with Crippen molar-refractivity contribution >= 4 is 23.3 Å². The van der Waals surface area contributed by atoms with Crippen LogP contribution in [0, 0.1) is 6.92 Å². The summed E-state index contributed by atoms with van der Waals surface area (Å²) in [5.74, 6) is 0. The monoisotopic (exact) mass is 392 g/mol. The van der Waals surface area contributed by atoms with E-state index in [0.29, 0.717) is 0 Å². The minimum absolute atomic E-state index is 0.135. The fourth-order valence-corrected chi connectivity index (χ4v) is 3.74. The number of hydrogen-bond donors (Lipinski definition) is 1. The van der Waals surface area contributed by atoms with E-state index in [2.05, 4.69) is 86.1 Å². The fourth-order valence-electron chi connectivity index (χ4n) is 3.74. The van der Waals surface area contributed by atoms with Crippen LogP contribution in [-0.4, -0.2) is 50.9 Å². The average molecular weight is 393 g/mol. The quantitative estimate of drug-likeness (QED) is 0.707. The second-order valence-corrected chi connectivity index (χ2v) is 8.95. The number of hydrogen-bond acceptors (Lipinski definition) is 4. The zero-order chi connectivity index (χ0) is 21.0. The van der Waals surface area contributed by atoms with Crippen LogP contribution in [0.25, 0.3) is 0 Å². The third-order valence-corrected chi connectivity index (χ3v) is 5.92. The highest BCUT2D eigenvalue weighted by Crippen LogP contribution is 2.31. The summed E-state index contributed by atoms with van der Waals surface area (Å²) in [6.45, 7) is 16.7. The van der Waals surface area contributed by atoms with Crippen molar-refractivity contribution in [3.8, 4) is 0 Å². The predicted octanol–water partition coefficient (Wildman–Crippen LogP) is 5.23. The molecule has 1 aliphatic heterocycles. The first-order valence-corrected chi connectivity index (χ1v) is 10.8. The fraction of sp³-hybridized carbons (Fsp3) is 0.480. The largest absolute Gasteiger partial charge is 0.386 e. The van der Waals surface area contributed by atoms with Crippen LogP contribution in [0.1, 0.15) is 44.4 Å². The molecule has 1 saturated heterocycles. The summed E-state index contributed by atoms with van der Waals surface area (Å²) in [5, 5.41) is 3.33. The van der Waals surface area contributed by atoms with E-state index < -0.39 is 0 Å². The van der Waals surface area contributed by atoms with E-state index in [0.717, 1.165) is 44.1 Å². The van der Waals surface area contributed by atoms with Crippen LogP contribution in [0.5, 0.6) is 0 Å². The lowest BCUT2D eigenvalue weighted by Gasteiger charge is -2.35. The molecule has 156 valence electrons. The van der Waals surface area contributed by atoms with Crippen molar-refractivity contribution in [2.45, 2.75) is 40.0 Å². The van der Waals surface area contributed by atoms with Gasteiger partial charge in [0.2, 0.25) is 0 Å². The number of nitrogens with one attached hydrogen (secondary N) is 1. The van der Waals surface area contributed by atoms with Gasteiger partial charge in [0.05, 0.1) is 11.4 Å². The Morgan fingerprint density at radius 3 is 2.38 bits per heavy atom. The van der Waals surface area contributed by atoms with Gasteiger partial charge in [-0.25, -0.2) is 0 Å². The van der Waals surface area contributed by atoms with Crippen LogP contribution in [0.2, 0.25) is 0 Å². The molecule has 29 heavy (non-hydrogen) atoms. The van der Waals surface area contributed by atoms with Gasteiger partial charge in [0.25, 0.3) is 0 Å². The SMILES string of the molecule is CCN1CCN(c2ccc(N=Cc3cc(C(C)(C)C)ccc3C)c(NC)c2)CC1. The van der Waals surface area contributed by atoms with Crippen LogP contribution in [0.4, 0.5) is 17.1 Å². The van der Waals surface area contributed by atoms with Gasteiger partial charge in [0.1, 0.15) is 0 Å². The second kappa shape index (κ2) is 9.00. The molecule has 1 N–H and O–H groups in total. The van der Waals surface area contributed by atoms with Gasteiger partial charge in [-0.05, 0) is 59.8 Å². The van der Waals surface area contributed by atoms with Gasteiger partial charge in [-0.1, -0.05) is 39.8 Å². The number of nitrogens with zero attached hydrogens (tertiary/aromatic N) is 3. The van der Waals surface area contributed by atoms with Gasteiger partial charge in [0.15, 0.2) is 0 Å². The lowest BCUT2D eigenvalue weighted by molar-refractivity contribution is 0.271. The topological polar surface area (TPSA) is 30.9 Å². The molecule has 0 saturated carbocycles. The summed E-state index contributed by atoms with van der Waals surface area (Å²) in [4.78, 5) is 9.80. The number of piperazine rings is 1. The number of rotatable bonds is 5. The summed E-state index contributed by atoms with van der Waals surface area (Å²) in [5.41, 5.74) is 7.22. The zero-order valence-electron chi connectivity index (χ0n) is 18.9. The molecule has 2 aromatic rings. The van der Waals surface area contributed by atoms with Gasteiger partial charge >= 0.3 is 0 Å². The summed E-state index contributed by atoms with van der Waals surface area (Å²) in [6.07, 6.45) is 2.00. The van der Waals surface area contributed by atoms with E-state index in [1.807, 2.05) is 13.3 Å². The van der Waals surface area contributed by atoms with Crippen molar-refractivity contribution in [2.24, 2.45) is 4.99 Å². The van der Waals surface area contributed by atoms with Crippen molar-refractivity contribution in [1.82, 2.24) is 4.90 Å². The molecule has 0 unspecified atom stereocenters. The summed E-state index contributed by atoms with van der Waals surface area (Å²) in [6, 6.07) is 13.2. The normalized spacial score (nSPS) is 15.9. The Bertz CT molecular complexity index is 856. The molecule has 3 rings (SSSR count). The number of anilines is 2. The molecular weight excluding hydrogens is 356 g/mol. The lowest BCUT2D eigenvalue weighted by atomic mass is 9.85. The van der Waals surface area contributed by atoms with Crippen molar-refractivity contribution in [2.75, 3.05) is 50.0 Å². The molecule has 0 radical (unpaired) electrons. The molecule has 1 fully saturated rings. The Morgan fingerprint density at radius 1 is 1.03 bits per heavy atom. The Labute approximate surface area is 176 Å². The molecular formula is C25H36N4. The van der Waals surface area contributed by atoms with Crippen molar-refractivity contribution < 1.29 is 0 Å². The molecule has 4 nitrogen and oxygen atoms in total. The highest BCUT2D eigenvalue weighted by Gasteiger charge is 2.17. The molecule has 1 aliphatic rings. The molecule has 0 bridgehead atoms. The van der Waals surface area contributed by atoms with Gasteiger partial charge in [-0.2, -0.15) is 0 Å². The minimum Gasteiger partial charge on any atom is -0.386 e. The van der Waals surface area contributed by atoms with E-state index in [-0.39, 0.29) is 5.41 Å². The van der Waals surface area contributed by atoms with Gasteiger partial charge in [-0.15, -0.1) is 0 Å². The average Bonchev–Trinajstić information content (AvgIpc) is 2.72. The van der Waals surface area contributed by atoms with Crippen LogP contribution in [-0.2, 0) is 5.41 Å². The Kier molecular flexibility index (Phi) is 6.63. The smallest absolute Gasteiger partial charge is 0.0862 e. The highest BCUT2D eigenvalue weighted by molar-refractivity contribution is 5.86.